The predicted octanol–water partition coefficient (Wildman–Crippen LogP) is 1.88. The van der Waals surface area contributed by atoms with E-state index in [-0.39, 0.29) is 12.2 Å². The number of rotatable bonds is 1. The number of allylic oxidation sites excluding steroid dienone is 1. The van der Waals surface area contributed by atoms with Crippen molar-refractivity contribution in [2.24, 2.45) is 4.99 Å². The van der Waals surface area contributed by atoms with Gasteiger partial charge in [-0.3, -0.25) is 9.79 Å². The van der Waals surface area contributed by atoms with Gasteiger partial charge >= 0.3 is 5.97 Å². The smallest absolute Gasteiger partial charge is 0.340 e. The number of hydrogen-bond acceptors (Lipinski definition) is 5. The molecule has 128 valence electrons. The molecular weight excluding hydrogens is 308 g/mol. The molecule has 0 amide bonds. The molecule has 0 fully saturated rings. The molecule has 0 radical (unpaired) electrons. The minimum atomic E-state index is -1.38. The van der Waals surface area contributed by atoms with Crippen molar-refractivity contribution in [3.05, 3.63) is 44.4 Å². The SMILES string of the molecule is CC.CCC1=C2Cn3c(cc4c(c3=O)COC(=O)[C@H]4O)C2=NCC1. The first-order valence-corrected chi connectivity index (χ1v) is 8.49. The number of aliphatic imine (C=N–C) groups is 1. The van der Waals surface area contributed by atoms with Gasteiger partial charge in [0, 0.05) is 12.1 Å². The first kappa shape index (κ1) is 16.6. The van der Waals surface area contributed by atoms with Gasteiger partial charge in [-0.25, -0.2) is 4.79 Å². The first-order valence-electron chi connectivity index (χ1n) is 8.49. The van der Waals surface area contributed by atoms with Crippen molar-refractivity contribution in [1.29, 1.82) is 0 Å². The number of aromatic nitrogens is 1. The Morgan fingerprint density at radius 3 is 2.83 bits per heavy atom. The molecule has 0 unspecified atom stereocenters. The van der Waals surface area contributed by atoms with Gasteiger partial charge in [0.15, 0.2) is 6.10 Å². The van der Waals surface area contributed by atoms with Crippen LogP contribution in [0, 0.1) is 0 Å². The minimum Gasteiger partial charge on any atom is -0.458 e. The highest BCUT2D eigenvalue weighted by atomic mass is 16.5. The molecule has 0 bridgehead atoms. The van der Waals surface area contributed by atoms with E-state index in [4.69, 9.17) is 4.74 Å². The van der Waals surface area contributed by atoms with E-state index in [2.05, 4.69) is 11.9 Å². The third-order valence-corrected chi connectivity index (χ3v) is 4.69. The molecule has 0 aliphatic carbocycles. The highest BCUT2D eigenvalue weighted by molar-refractivity contribution is 6.14. The predicted molar refractivity (Wildman–Crippen MR) is 90.1 cm³/mol. The topological polar surface area (TPSA) is 80.9 Å². The van der Waals surface area contributed by atoms with Crippen LogP contribution in [0.5, 0.6) is 0 Å². The number of nitrogens with zero attached hydrogens (tertiary/aromatic N) is 2. The number of aliphatic hydroxyl groups is 1. The summed E-state index contributed by atoms with van der Waals surface area (Å²) in [5.41, 5.74) is 4.54. The molecule has 4 heterocycles. The third kappa shape index (κ3) is 2.33. The Morgan fingerprint density at radius 1 is 1.38 bits per heavy atom. The molecule has 3 aliphatic rings. The van der Waals surface area contributed by atoms with E-state index >= 15 is 0 Å². The average molecular weight is 330 g/mol. The van der Waals surface area contributed by atoms with Crippen LogP contribution in [0.2, 0.25) is 0 Å². The van der Waals surface area contributed by atoms with Crippen LogP contribution < -0.4 is 5.56 Å². The Bertz CT molecular complexity index is 817. The Morgan fingerprint density at radius 2 is 2.12 bits per heavy atom. The molecule has 0 aromatic carbocycles. The van der Waals surface area contributed by atoms with Gasteiger partial charge in [-0.2, -0.15) is 0 Å². The van der Waals surface area contributed by atoms with Crippen molar-refractivity contribution in [2.75, 3.05) is 6.54 Å². The fourth-order valence-corrected chi connectivity index (χ4v) is 3.49. The molecule has 6 nitrogen and oxygen atoms in total. The summed E-state index contributed by atoms with van der Waals surface area (Å²) in [4.78, 5) is 28.8. The fraction of sp³-hybridized carbons (Fsp3) is 0.500. The molecule has 1 aromatic rings. The summed E-state index contributed by atoms with van der Waals surface area (Å²) in [5, 5.41) is 10.0. The average Bonchev–Trinajstić information content (AvgIpc) is 3.00. The number of carbonyl (C=O) groups excluding carboxylic acids is 1. The molecule has 0 saturated heterocycles. The van der Waals surface area contributed by atoms with Gasteiger partial charge in [-0.05, 0) is 24.5 Å². The summed E-state index contributed by atoms with van der Waals surface area (Å²) in [7, 11) is 0. The molecule has 1 N–H and O–H groups in total. The number of fused-ring (bicyclic) bond motifs is 4. The van der Waals surface area contributed by atoms with Crippen molar-refractivity contribution < 1.29 is 14.6 Å². The van der Waals surface area contributed by atoms with Gasteiger partial charge in [-0.1, -0.05) is 26.3 Å². The van der Waals surface area contributed by atoms with Crippen LogP contribution in [0.25, 0.3) is 0 Å². The zero-order valence-corrected chi connectivity index (χ0v) is 14.3. The molecular formula is C18H22N2O4. The molecule has 1 aromatic heterocycles. The zero-order valence-electron chi connectivity index (χ0n) is 14.3. The molecule has 0 saturated carbocycles. The van der Waals surface area contributed by atoms with E-state index in [0.717, 1.165) is 30.7 Å². The van der Waals surface area contributed by atoms with Crippen LogP contribution in [-0.2, 0) is 22.7 Å². The number of dihydropyridines is 1. The molecule has 0 spiro atoms. The monoisotopic (exact) mass is 330 g/mol. The normalized spacial score (nSPS) is 21.1. The van der Waals surface area contributed by atoms with Crippen LogP contribution in [0.15, 0.2) is 27.0 Å². The standard InChI is InChI=1S/C16H16N2O4.C2H6/c1-2-8-3-4-17-13-10(8)6-18-12(13)5-9-11(15(18)20)7-22-16(21)14(9)19;1-2/h5,14,19H,2-4,6-7H2,1H3;1-2H3/t14-;/m0./s1. The Kier molecular flexibility index (Phi) is 4.41. The van der Waals surface area contributed by atoms with Gasteiger partial charge < -0.3 is 14.4 Å². The Labute approximate surface area is 140 Å². The lowest BCUT2D eigenvalue weighted by atomic mass is 9.95. The molecule has 4 rings (SSSR count). The summed E-state index contributed by atoms with van der Waals surface area (Å²) in [5.74, 6) is -0.703. The first-order chi connectivity index (χ1) is 11.6. The number of pyridine rings is 1. The van der Waals surface area contributed by atoms with E-state index in [0.29, 0.717) is 23.4 Å². The van der Waals surface area contributed by atoms with Gasteiger partial charge in [0.25, 0.3) is 5.56 Å². The largest absolute Gasteiger partial charge is 0.458 e. The highest BCUT2D eigenvalue weighted by Crippen LogP contribution is 2.32. The maximum atomic E-state index is 12.7. The second-order valence-corrected chi connectivity index (χ2v) is 5.78. The molecule has 3 aliphatic heterocycles. The van der Waals surface area contributed by atoms with Gasteiger partial charge in [-0.15, -0.1) is 0 Å². The van der Waals surface area contributed by atoms with Crippen LogP contribution in [0.3, 0.4) is 0 Å². The lowest BCUT2D eigenvalue weighted by molar-refractivity contribution is -0.157. The number of aliphatic hydroxyl groups excluding tert-OH is 1. The van der Waals surface area contributed by atoms with Crippen molar-refractivity contribution in [3.63, 3.8) is 0 Å². The Balaban J connectivity index is 0.000000815. The second kappa shape index (κ2) is 6.36. The lowest BCUT2D eigenvalue weighted by Crippen LogP contribution is -2.33. The van der Waals surface area contributed by atoms with Gasteiger partial charge in [0.1, 0.15) is 6.61 Å². The fourth-order valence-electron chi connectivity index (χ4n) is 3.49. The molecule has 1 atom stereocenters. The number of carbonyl (C=O) groups is 1. The van der Waals surface area contributed by atoms with E-state index < -0.39 is 12.1 Å². The van der Waals surface area contributed by atoms with Crippen molar-refractivity contribution >= 4 is 11.7 Å². The summed E-state index contributed by atoms with van der Waals surface area (Å²) in [6, 6.07) is 1.73. The van der Waals surface area contributed by atoms with E-state index in [1.807, 2.05) is 13.8 Å². The number of ether oxygens (including phenoxy) is 1. The number of esters is 1. The minimum absolute atomic E-state index is 0.0729. The highest BCUT2D eigenvalue weighted by Gasteiger charge is 2.35. The summed E-state index contributed by atoms with van der Waals surface area (Å²) in [6.45, 7) is 7.28. The quantitative estimate of drug-likeness (QED) is 0.797. The van der Waals surface area contributed by atoms with Crippen LogP contribution in [0.4, 0.5) is 0 Å². The van der Waals surface area contributed by atoms with Crippen molar-refractivity contribution in [1.82, 2.24) is 4.57 Å². The van der Waals surface area contributed by atoms with Crippen LogP contribution in [-0.4, -0.2) is 27.9 Å². The number of cyclic esters (lactones) is 1. The molecule has 24 heavy (non-hydrogen) atoms. The van der Waals surface area contributed by atoms with E-state index in [1.165, 1.54) is 5.57 Å². The molecule has 6 heteroatoms. The maximum absolute atomic E-state index is 12.7. The number of hydrogen-bond donors (Lipinski definition) is 1. The van der Waals surface area contributed by atoms with Crippen molar-refractivity contribution in [3.8, 4) is 0 Å². The lowest BCUT2D eigenvalue weighted by Gasteiger charge is -2.21. The van der Waals surface area contributed by atoms with Gasteiger partial charge in [0.2, 0.25) is 0 Å². The van der Waals surface area contributed by atoms with Gasteiger partial charge in [0.05, 0.1) is 23.5 Å². The zero-order chi connectivity index (χ0) is 17.4. The van der Waals surface area contributed by atoms with Crippen molar-refractivity contribution in [2.45, 2.75) is 52.9 Å². The van der Waals surface area contributed by atoms with E-state index in [9.17, 15) is 14.7 Å². The summed E-state index contributed by atoms with van der Waals surface area (Å²) in [6.07, 6.45) is 0.494. The Hall–Kier alpha value is -2.21. The van der Waals surface area contributed by atoms with Crippen LogP contribution in [0.1, 0.15) is 56.5 Å². The summed E-state index contributed by atoms with van der Waals surface area (Å²) < 4.78 is 6.55. The third-order valence-electron chi connectivity index (χ3n) is 4.69. The second-order valence-electron chi connectivity index (χ2n) is 5.78. The summed E-state index contributed by atoms with van der Waals surface area (Å²) >= 11 is 0. The van der Waals surface area contributed by atoms with Crippen LogP contribution >= 0.6 is 0 Å². The maximum Gasteiger partial charge on any atom is 0.340 e. The van der Waals surface area contributed by atoms with E-state index in [1.54, 1.807) is 10.6 Å².